The second-order valence-corrected chi connectivity index (χ2v) is 5.85. The molecule has 106 valence electrons. The van der Waals surface area contributed by atoms with Crippen molar-refractivity contribution >= 4 is 27.5 Å². The van der Waals surface area contributed by atoms with Gasteiger partial charge in [-0.15, -0.1) is 0 Å². The molecule has 0 saturated carbocycles. The highest BCUT2D eigenvalue weighted by Gasteiger charge is 2.53. The van der Waals surface area contributed by atoms with Crippen LogP contribution in [0.2, 0.25) is 0 Å². The summed E-state index contributed by atoms with van der Waals surface area (Å²) < 4.78 is 3.89. The fraction of sp³-hybridized carbons (Fsp3) is 0.188. The van der Waals surface area contributed by atoms with Crippen LogP contribution in [0.3, 0.4) is 0 Å². The summed E-state index contributed by atoms with van der Waals surface area (Å²) in [6.07, 6.45) is 0. The minimum atomic E-state index is -1.45. The number of fused-ring (bicyclic) bond motifs is 1. The van der Waals surface area contributed by atoms with Gasteiger partial charge in [-0.1, -0.05) is 46.3 Å². The van der Waals surface area contributed by atoms with Crippen molar-refractivity contribution in [2.24, 2.45) is 0 Å². The lowest BCUT2D eigenvalue weighted by molar-refractivity contribution is 0.0868. The van der Waals surface area contributed by atoms with Gasteiger partial charge in [-0.25, -0.2) is 4.98 Å². The molecule has 1 heterocycles. The molecule has 0 bridgehead atoms. The number of ketones is 2. The number of aromatic nitrogens is 1. The zero-order valence-electron chi connectivity index (χ0n) is 11.3. The lowest BCUT2D eigenvalue weighted by atomic mass is 9.99. The zero-order valence-corrected chi connectivity index (χ0v) is 12.9. The van der Waals surface area contributed by atoms with Gasteiger partial charge >= 0.3 is 0 Å². The van der Waals surface area contributed by atoms with Crippen LogP contribution in [0.25, 0.3) is 0 Å². The standard InChI is InChI=1S/C16H12BrNO3/c1-2-21-13-9-5-8-12(18-13)16(17)14(19)10-6-3-4-7-11(10)15(16)20/h3-9H,2H2,1H3. The normalized spacial score (nSPS) is 15.9. The Morgan fingerprint density at radius 1 is 1.05 bits per heavy atom. The molecule has 0 aliphatic heterocycles. The number of nitrogens with zero attached hydrogens (tertiary/aromatic N) is 1. The van der Waals surface area contributed by atoms with Gasteiger partial charge in [0.15, 0.2) is 15.9 Å². The number of hydrogen-bond acceptors (Lipinski definition) is 4. The Balaban J connectivity index is 2.12. The third-order valence-corrected chi connectivity index (χ3v) is 4.54. The molecule has 0 radical (unpaired) electrons. The summed E-state index contributed by atoms with van der Waals surface area (Å²) >= 11 is 3.33. The number of Topliss-reactive ketones (excluding diaryl/α,β-unsaturated/α-hetero) is 2. The molecule has 0 spiro atoms. The number of carbonyl (C=O) groups is 2. The third-order valence-electron chi connectivity index (χ3n) is 3.41. The van der Waals surface area contributed by atoms with Gasteiger partial charge in [-0.2, -0.15) is 0 Å². The molecule has 1 aliphatic carbocycles. The van der Waals surface area contributed by atoms with Crippen LogP contribution < -0.4 is 4.74 Å². The summed E-state index contributed by atoms with van der Waals surface area (Å²) in [4.78, 5) is 29.6. The first kappa shape index (κ1) is 13.9. The Morgan fingerprint density at radius 3 is 2.24 bits per heavy atom. The number of halogens is 1. The maximum atomic E-state index is 12.7. The highest BCUT2D eigenvalue weighted by atomic mass is 79.9. The Bertz CT molecular complexity index is 707. The van der Waals surface area contributed by atoms with Crippen LogP contribution >= 0.6 is 15.9 Å². The largest absolute Gasteiger partial charge is 0.478 e. The fourth-order valence-electron chi connectivity index (χ4n) is 2.42. The molecule has 1 aromatic carbocycles. The highest BCUT2D eigenvalue weighted by Crippen LogP contribution is 2.44. The number of alkyl halides is 1. The summed E-state index contributed by atoms with van der Waals surface area (Å²) in [5.41, 5.74) is 1.19. The Hall–Kier alpha value is -2.01. The number of hydrogen-bond donors (Lipinski definition) is 0. The molecular weight excluding hydrogens is 334 g/mol. The van der Waals surface area contributed by atoms with Crippen LogP contribution in [0.4, 0.5) is 0 Å². The predicted octanol–water partition coefficient (Wildman–Crippen LogP) is 3.15. The fourth-order valence-corrected chi connectivity index (χ4v) is 3.07. The van der Waals surface area contributed by atoms with Gasteiger partial charge in [-0.05, 0) is 13.0 Å². The van der Waals surface area contributed by atoms with Crippen molar-refractivity contribution in [2.45, 2.75) is 11.2 Å². The van der Waals surface area contributed by atoms with E-state index in [0.29, 0.717) is 29.3 Å². The van der Waals surface area contributed by atoms with E-state index in [2.05, 4.69) is 20.9 Å². The van der Waals surface area contributed by atoms with Crippen molar-refractivity contribution in [3.63, 3.8) is 0 Å². The van der Waals surface area contributed by atoms with Crippen LogP contribution in [0.1, 0.15) is 33.3 Å². The van der Waals surface area contributed by atoms with E-state index in [9.17, 15) is 9.59 Å². The second kappa shape index (κ2) is 5.07. The molecular formula is C16H12BrNO3. The van der Waals surface area contributed by atoms with Gasteiger partial charge in [-0.3, -0.25) is 9.59 Å². The molecule has 0 N–H and O–H groups in total. The first-order valence-corrected chi connectivity index (χ1v) is 7.36. The number of pyridine rings is 1. The number of ether oxygens (including phenoxy) is 1. The lowest BCUT2D eigenvalue weighted by Crippen LogP contribution is -2.32. The number of benzene rings is 1. The SMILES string of the molecule is CCOc1cccc(C2(Br)C(=O)c3ccccc3C2=O)n1. The van der Waals surface area contributed by atoms with E-state index in [1.165, 1.54) is 0 Å². The van der Waals surface area contributed by atoms with Crippen molar-refractivity contribution in [3.8, 4) is 5.88 Å². The first-order valence-electron chi connectivity index (χ1n) is 6.57. The van der Waals surface area contributed by atoms with Crippen molar-refractivity contribution in [1.82, 2.24) is 4.98 Å². The lowest BCUT2D eigenvalue weighted by Gasteiger charge is -2.18. The maximum Gasteiger partial charge on any atom is 0.213 e. The van der Waals surface area contributed by atoms with E-state index in [1.54, 1.807) is 42.5 Å². The summed E-state index contributed by atoms with van der Waals surface area (Å²) in [6.45, 7) is 2.31. The molecule has 1 aliphatic rings. The third kappa shape index (κ3) is 2.00. The summed E-state index contributed by atoms with van der Waals surface area (Å²) in [6, 6.07) is 11.9. The van der Waals surface area contributed by atoms with E-state index in [4.69, 9.17) is 4.74 Å². The smallest absolute Gasteiger partial charge is 0.213 e. The van der Waals surface area contributed by atoms with Gasteiger partial charge in [0, 0.05) is 17.2 Å². The van der Waals surface area contributed by atoms with E-state index in [0.717, 1.165) is 0 Å². The monoisotopic (exact) mass is 345 g/mol. The van der Waals surface area contributed by atoms with Gasteiger partial charge < -0.3 is 4.74 Å². The zero-order chi connectivity index (χ0) is 15.0. The van der Waals surface area contributed by atoms with E-state index in [1.807, 2.05) is 6.92 Å². The molecule has 0 saturated heterocycles. The molecule has 2 aromatic rings. The van der Waals surface area contributed by atoms with Crippen molar-refractivity contribution in [2.75, 3.05) is 6.61 Å². The highest BCUT2D eigenvalue weighted by molar-refractivity contribution is 9.10. The molecule has 3 rings (SSSR count). The summed E-state index contributed by atoms with van der Waals surface area (Å²) in [5.74, 6) is -0.182. The minimum Gasteiger partial charge on any atom is -0.478 e. The molecule has 0 fully saturated rings. The van der Waals surface area contributed by atoms with Crippen LogP contribution in [0.5, 0.6) is 5.88 Å². The summed E-state index contributed by atoms with van der Waals surface area (Å²) in [7, 11) is 0. The molecule has 0 amide bonds. The summed E-state index contributed by atoms with van der Waals surface area (Å²) in [5, 5.41) is 0. The molecule has 4 nitrogen and oxygen atoms in total. The molecule has 0 atom stereocenters. The Morgan fingerprint density at radius 2 is 1.67 bits per heavy atom. The van der Waals surface area contributed by atoms with E-state index >= 15 is 0 Å². The predicted molar refractivity (Wildman–Crippen MR) is 81.1 cm³/mol. The van der Waals surface area contributed by atoms with Crippen LogP contribution in [0, 0.1) is 0 Å². The van der Waals surface area contributed by atoms with Crippen LogP contribution in [-0.2, 0) is 4.32 Å². The number of rotatable bonds is 3. The van der Waals surface area contributed by atoms with Crippen LogP contribution in [0.15, 0.2) is 42.5 Å². The second-order valence-electron chi connectivity index (χ2n) is 4.66. The van der Waals surface area contributed by atoms with Crippen molar-refractivity contribution in [1.29, 1.82) is 0 Å². The Kier molecular flexibility index (Phi) is 3.37. The van der Waals surface area contributed by atoms with Gasteiger partial charge in [0.1, 0.15) is 0 Å². The molecule has 1 aromatic heterocycles. The average Bonchev–Trinajstić information content (AvgIpc) is 2.71. The topological polar surface area (TPSA) is 56.3 Å². The molecule has 21 heavy (non-hydrogen) atoms. The van der Waals surface area contributed by atoms with Gasteiger partial charge in [0.2, 0.25) is 5.88 Å². The van der Waals surface area contributed by atoms with Crippen LogP contribution in [-0.4, -0.2) is 23.2 Å². The van der Waals surface area contributed by atoms with Crippen molar-refractivity contribution < 1.29 is 14.3 Å². The first-order chi connectivity index (χ1) is 10.1. The molecule has 0 unspecified atom stereocenters. The van der Waals surface area contributed by atoms with Crippen molar-refractivity contribution in [3.05, 3.63) is 59.3 Å². The minimum absolute atomic E-state index is 0.288. The Labute approximate surface area is 130 Å². The van der Waals surface area contributed by atoms with Gasteiger partial charge in [0.05, 0.1) is 12.3 Å². The quantitative estimate of drug-likeness (QED) is 0.633. The average molecular weight is 346 g/mol. The molecule has 5 heteroatoms. The van der Waals surface area contributed by atoms with E-state index < -0.39 is 4.32 Å². The maximum absolute atomic E-state index is 12.7. The van der Waals surface area contributed by atoms with E-state index in [-0.39, 0.29) is 11.6 Å². The van der Waals surface area contributed by atoms with Gasteiger partial charge in [0.25, 0.3) is 0 Å². The number of carbonyl (C=O) groups excluding carboxylic acids is 2.